The molecule has 4 N–H and O–H groups in total. The summed E-state index contributed by atoms with van der Waals surface area (Å²) in [6, 6.07) is 0. The van der Waals surface area contributed by atoms with Gasteiger partial charge in [-0.15, -0.1) is 0 Å². The molecule has 15 nitrogen and oxygen atoms in total. The van der Waals surface area contributed by atoms with Crippen LogP contribution in [0.5, 0.6) is 0 Å². The molecule has 0 fully saturated rings. The minimum Gasteiger partial charge on any atom is -0.379 e. The Labute approximate surface area is 263 Å². The zero-order valence-corrected chi connectivity index (χ0v) is 26.8. The number of unbranched alkanes of at least 4 members (excludes halogenated alkanes) is 3. The van der Waals surface area contributed by atoms with E-state index in [9.17, 15) is 4.79 Å². The summed E-state index contributed by atoms with van der Waals surface area (Å²) in [4.78, 5) is 15.0. The summed E-state index contributed by atoms with van der Waals surface area (Å²) in [5.74, 6) is 4.42. The second kappa shape index (κ2) is 40.0. The molecule has 0 aromatic rings. The third kappa shape index (κ3) is 39.0. The van der Waals surface area contributed by atoms with E-state index in [1.807, 2.05) is 0 Å². The molecule has 264 valence electrons. The Morgan fingerprint density at radius 2 is 0.591 bits per heavy atom. The van der Waals surface area contributed by atoms with E-state index in [4.69, 9.17) is 63.7 Å². The van der Waals surface area contributed by atoms with Crippen molar-refractivity contribution in [1.29, 1.82) is 0 Å². The molecule has 0 rings (SSSR count). The SMILES string of the molecule is NCCOCCOCCOCCOCCOCCOCCOCCOCCOCCOCCOCCCCCCC(=O)ON. The lowest BCUT2D eigenvalue weighted by Gasteiger charge is -2.09. The highest BCUT2D eigenvalue weighted by molar-refractivity contribution is 5.68. The maximum Gasteiger partial charge on any atom is 0.324 e. The lowest BCUT2D eigenvalue weighted by atomic mass is 10.1. The van der Waals surface area contributed by atoms with E-state index in [0.717, 1.165) is 25.7 Å². The van der Waals surface area contributed by atoms with Gasteiger partial charge in [-0.1, -0.05) is 12.8 Å². The van der Waals surface area contributed by atoms with Gasteiger partial charge in [0.05, 0.1) is 139 Å². The largest absolute Gasteiger partial charge is 0.379 e. The molecule has 0 aromatic carbocycles. The van der Waals surface area contributed by atoms with Crippen LogP contribution in [0.1, 0.15) is 32.1 Å². The first-order valence-electron chi connectivity index (χ1n) is 15.8. The lowest BCUT2D eigenvalue weighted by Crippen LogP contribution is -2.15. The molecular formula is C29H60N2O13. The van der Waals surface area contributed by atoms with Crippen molar-refractivity contribution in [1.82, 2.24) is 0 Å². The fourth-order valence-electron chi connectivity index (χ4n) is 3.27. The van der Waals surface area contributed by atoms with Crippen LogP contribution in [0, 0.1) is 0 Å². The molecule has 0 unspecified atom stereocenters. The van der Waals surface area contributed by atoms with Gasteiger partial charge >= 0.3 is 5.97 Å². The third-order valence-electron chi connectivity index (χ3n) is 5.53. The van der Waals surface area contributed by atoms with Crippen molar-refractivity contribution in [3.05, 3.63) is 0 Å². The third-order valence-corrected chi connectivity index (χ3v) is 5.53. The Balaban J connectivity index is 3.04. The van der Waals surface area contributed by atoms with Crippen LogP contribution in [0.4, 0.5) is 0 Å². The summed E-state index contributed by atoms with van der Waals surface area (Å²) < 4.78 is 59.7. The van der Waals surface area contributed by atoms with Crippen LogP contribution in [0.15, 0.2) is 0 Å². The van der Waals surface area contributed by atoms with Crippen molar-refractivity contribution in [2.24, 2.45) is 11.6 Å². The molecule has 0 heterocycles. The first-order chi connectivity index (χ1) is 21.8. The molecule has 15 heteroatoms. The topological polar surface area (TPSA) is 180 Å². The molecule has 0 saturated heterocycles. The smallest absolute Gasteiger partial charge is 0.324 e. The number of nitrogens with two attached hydrogens (primary N) is 2. The zero-order valence-electron chi connectivity index (χ0n) is 26.8. The molecular weight excluding hydrogens is 584 g/mol. The first-order valence-corrected chi connectivity index (χ1v) is 15.8. The summed E-state index contributed by atoms with van der Waals surface area (Å²) in [5, 5.41) is 0. The number of hydrogen-bond acceptors (Lipinski definition) is 15. The minimum atomic E-state index is -0.366. The van der Waals surface area contributed by atoms with Gasteiger partial charge in [-0.05, 0) is 12.8 Å². The Kier molecular flexibility index (Phi) is 39.0. The zero-order chi connectivity index (χ0) is 31.9. The summed E-state index contributed by atoms with van der Waals surface area (Å²) >= 11 is 0. The lowest BCUT2D eigenvalue weighted by molar-refractivity contribution is -0.144. The van der Waals surface area contributed by atoms with E-state index in [2.05, 4.69) is 4.84 Å². The van der Waals surface area contributed by atoms with Crippen molar-refractivity contribution < 1.29 is 61.7 Å². The van der Waals surface area contributed by atoms with Gasteiger partial charge in [-0.2, -0.15) is 5.90 Å². The molecule has 0 aromatic heterocycles. The molecule has 0 aliphatic heterocycles. The standard InChI is InChI=1S/C29H60N2O13/c30-6-8-34-10-12-36-14-16-38-18-20-40-22-24-42-26-28-43-27-25-41-23-21-39-19-17-37-15-13-35-11-9-33-7-4-2-1-3-5-29(32)44-31/h1-28,30-31H2. The number of ether oxygens (including phenoxy) is 11. The molecule has 0 saturated carbocycles. The van der Waals surface area contributed by atoms with Crippen LogP contribution < -0.4 is 11.6 Å². The van der Waals surface area contributed by atoms with Crippen LogP contribution in [0.2, 0.25) is 0 Å². The maximum atomic E-state index is 10.9. The van der Waals surface area contributed by atoms with Crippen molar-refractivity contribution >= 4 is 5.97 Å². The summed E-state index contributed by atoms with van der Waals surface area (Å²) in [6.07, 6.45) is 4.07. The molecule has 0 atom stereocenters. The van der Waals surface area contributed by atoms with Gasteiger partial charge in [-0.25, -0.2) is 0 Å². The van der Waals surface area contributed by atoms with Crippen LogP contribution in [0.25, 0.3) is 0 Å². The van der Waals surface area contributed by atoms with Gasteiger partial charge in [-0.3, -0.25) is 4.79 Å². The van der Waals surface area contributed by atoms with Crippen LogP contribution in [-0.2, 0) is 61.7 Å². The van der Waals surface area contributed by atoms with Crippen LogP contribution in [-0.4, -0.2) is 158 Å². The molecule has 0 radical (unpaired) electrons. The monoisotopic (exact) mass is 644 g/mol. The Hall–Kier alpha value is -1.05. The van der Waals surface area contributed by atoms with Crippen LogP contribution >= 0.6 is 0 Å². The van der Waals surface area contributed by atoms with Gasteiger partial charge in [0, 0.05) is 19.6 Å². The molecule has 0 aliphatic carbocycles. The quantitative estimate of drug-likeness (QED) is 0.0697. The number of hydrogen-bond donors (Lipinski definition) is 2. The van der Waals surface area contributed by atoms with E-state index in [1.54, 1.807) is 0 Å². The summed E-state index contributed by atoms with van der Waals surface area (Å²) in [7, 11) is 0. The summed E-state index contributed by atoms with van der Waals surface area (Å²) in [6.45, 7) is 12.1. The molecule has 0 amide bonds. The predicted molar refractivity (Wildman–Crippen MR) is 161 cm³/mol. The normalized spacial score (nSPS) is 11.4. The minimum absolute atomic E-state index is 0.366. The number of carbonyl (C=O) groups excluding carboxylic acids is 1. The molecule has 0 bridgehead atoms. The van der Waals surface area contributed by atoms with Gasteiger partial charge in [0.25, 0.3) is 0 Å². The summed E-state index contributed by atoms with van der Waals surface area (Å²) in [5.41, 5.74) is 5.33. The highest BCUT2D eigenvalue weighted by atomic mass is 16.7. The fourth-order valence-corrected chi connectivity index (χ4v) is 3.27. The fraction of sp³-hybridized carbons (Fsp3) is 0.966. The van der Waals surface area contributed by atoms with Crippen molar-refractivity contribution in [2.75, 3.05) is 152 Å². The van der Waals surface area contributed by atoms with E-state index in [-0.39, 0.29) is 5.97 Å². The van der Waals surface area contributed by atoms with Gasteiger partial charge in [0.1, 0.15) is 0 Å². The highest BCUT2D eigenvalue weighted by Gasteiger charge is 2.00. The van der Waals surface area contributed by atoms with E-state index in [1.165, 1.54) is 0 Å². The maximum absolute atomic E-state index is 10.9. The molecule has 44 heavy (non-hydrogen) atoms. The van der Waals surface area contributed by atoms with E-state index < -0.39 is 0 Å². The Morgan fingerprint density at radius 3 is 0.864 bits per heavy atom. The van der Waals surface area contributed by atoms with Gasteiger partial charge < -0.3 is 62.7 Å². The van der Waals surface area contributed by atoms with E-state index >= 15 is 0 Å². The number of rotatable bonds is 39. The average Bonchev–Trinajstić information content (AvgIpc) is 3.04. The van der Waals surface area contributed by atoms with Crippen molar-refractivity contribution in [3.8, 4) is 0 Å². The molecule has 0 aliphatic rings. The van der Waals surface area contributed by atoms with E-state index in [0.29, 0.717) is 158 Å². The number of carbonyl (C=O) groups is 1. The van der Waals surface area contributed by atoms with Crippen LogP contribution in [0.3, 0.4) is 0 Å². The van der Waals surface area contributed by atoms with Gasteiger partial charge in [0.2, 0.25) is 0 Å². The second-order valence-electron chi connectivity index (χ2n) is 9.18. The predicted octanol–water partition coefficient (Wildman–Crippen LogP) is 0.495. The first kappa shape index (κ1) is 43.0. The van der Waals surface area contributed by atoms with Crippen molar-refractivity contribution in [3.63, 3.8) is 0 Å². The Bertz CT molecular complexity index is 553. The highest BCUT2D eigenvalue weighted by Crippen LogP contribution is 2.03. The second-order valence-corrected chi connectivity index (χ2v) is 9.18. The van der Waals surface area contributed by atoms with Gasteiger partial charge in [0.15, 0.2) is 0 Å². The Morgan fingerprint density at radius 1 is 0.341 bits per heavy atom. The molecule has 0 spiro atoms. The van der Waals surface area contributed by atoms with Crippen molar-refractivity contribution in [2.45, 2.75) is 32.1 Å². The average molecular weight is 645 g/mol.